The van der Waals surface area contributed by atoms with Crippen molar-refractivity contribution in [3.05, 3.63) is 64.4 Å². The van der Waals surface area contributed by atoms with Crippen LogP contribution in [0.4, 0.5) is 0 Å². The van der Waals surface area contributed by atoms with Crippen LogP contribution in [0, 0.1) is 0 Å². The van der Waals surface area contributed by atoms with Crippen molar-refractivity contribution in [2.75, 3.05) is 20.0 Å². The molecule has 0 aliphatic carbocycles. The Morgan fingerprint density at radius 3 is 2.65 bits per heavy atom. The molecule has 2 aromatic carbocycles. The molecule has 5 nitrogen and oxygen atoms in total. The van der Waals surface area contributed by atoms with E-state index in [1.54, 1.807) is 24.3 Å². The van der Waals surface area contributed by atoms with E-state index in [0.717, 1.165) is 0 Å². The number of para-hydroxylation sites is 1. The molecule has 3 rings (SSSR count). The molecule has 0 N–H and O–H groups in total. The molecule has 1 heterocycles. The molecular formula is C19H17ClN2O3S. The van der Waals surface area contributed by atoms with Crippen LogP contribution >= 0.6 is 23.4 Å². The van der Waals surface area contributed by atoms with Crippen LogP contribution in [-0.4, -0.2) is 29.5 Å². The Hall–Kier alpha value is -2.44. The number of ether oxygens (including phenoxy) is 2. The number of hydrogen-bond donors (Lipinski definition) is 0. The van der Waals surface area contributed by atoms with Crippen LogP contribution in [0.25, 0.3) is 16.6 Å². The van der Waals surface area contributed by atoms with E-state index in [1.165, 1.54) is 30.5 Å². The second kappa shape index (κ2) is 7.85. The summed E-state index contributed by atoms with van der Waals surface area (Å²) >= 11 is 7.61. The molecule has 7 heteroatoms. The lowest BCUT2D eigenvalue weighted by Gasteiger charge is -2.17. The van der Waals surface area contributed by atoms with Gasteiger partial charge in [0.15, 0.2) is 5.16 Å². The van der Waals surface area contributed by atoms with Gasteiger partial charge in [0.05, 0.1) is 35.8 Å². The van der Waals surface area contributed by atoms with Gasteiger partial charge in [0, 0.05) is 17.9 Å². The summed E-state index contributed by atoms with van der Waals surface area (Å²) in [5.74, 6) is 1.51. The Kier molecular flexibility index (Phi) is 5.54. The first kappa shape index (κ1) is 18.4. The van der Waals surface area contributed by atoms with E-state index in [2.05, 4.69) is 11.6 Å². The number of fused-ring (bicyclic) bond motifs is 1. The van der Waals surface area contributed by atoms with E-state index in [9.17, 15) is 4.79 Å². The van der Waals surface area contributed by atoms with Gasteiger partial charge < -0.3 is 9.47 Å². The standard InChI is InChI=1S/C19H17ClN2O3S/c1-4-9-26-19-21-14-8-6-5-7-12(14)18(23)22(19)15-11-16(24-2)13(20)10-17(15)25-3/h4-8,10-11H,1,9H2,2-3H3. The Balaban J connectivity index is 2.38. The summed E-state index contributed by atoms with van der Waals surface area (Å²) in [5.41, 5.74) is 0.966. The third-order valence-electron chi connectivity index (χ3n) is 3.77. The summed E-state index contributed by atoms with van der Waals surface area (Å²) in [5, 5.41) is 1.46. The van der Waals surface area contributed by atoms with Crippen molar-refractivity contribution in [1.82, 2.24) is 9.55 Å². The molecule has 0 radical (unpaired) electrons. The number of aromatic nitrogens is 2. The van der Waals surface area contributed by atoms with Crippen LogP contribution in [0.2, 0.25) is 5.02 Å². The maximum Gasteiger partial charge on any atom is 0.266 e. The summed E-state index contributed by atoms with van der Waals surface area (Å²) in [7, 11) is 3.05. The lowest BCUT2D eigenvalue weighted by molar-refractivity contribution is 0.400. The highest BCUT2D eigenvalue weighted by molar-refractivity contribution is 7.99. The van der Waals surface area contributed by atoms with Gasteiger partial charge in [-0.15, -0.1) is 6.58 Å². The maximum atomic E-state index is 13.2. The fourth-order valence-electron chi connectivity index (χ4n) is 2.57. The van der Waals surface area contributed by atoms with Crippen molar-refractivity contribution in [1.29, 1.82) is 0 Å². The Bertz CT molecular complexity index is 1030. The molecule has 1 aromatic heterocycles. The third kappa shape index (κ3) is 3.30. The molecule has 3 aromatic rings. The number of nitrogens with zero attached hydrogens (tertiary/aromatic N) is 2. The minimum atomic E-state index is -0.190. The van der Waals surface area contributed by atoms with Gasteiger partial charge in [0.2, 0.25) is 0 Å². The third-order valence-corrected chi connectivity index (χ3v) is 5.00. The van der Waals surface area contributed by atoms with E-state index < -0.39 is 0 Å². The Morgan fingerprint density at radius 2 is 1.96 bits per heavy atom. The largest absolute Gasteiger partial charge is 0.495 e. The Labute approximate surface area is 160 Å². The van der Waals surface area contributed by atoms with Crippen molar-refractivity contribution in [3.8, 4) is 17.2 Å². The first-order valence-electron chi connectivity index (χ1n) is 7.78. The van der Waals surface area contributed by atoms with Gasteiger partial charge in [-0.3, -0.25) is 9.36 Å². The van der Waals surface area contributed by atoms with E-state index in [1.807, 2.05) is 18.2 Å². The van der Waals surface area contributed by atoms with Crippen LogP contribution in [0.1, 0.15) is 0 Å². The molecule has 0 amide bonds. The summed E-state index contributed by atoms with van der Waals surface area (Å²) < 4.78 is 12.3. The highest BCUT2D eigenvalue weighted by atomic mass is 35.5. The first-order valence-corrected chi connectivity index (χ1v) is 9.14. The number of hydrogen-bond acceptors (Lipinski definition) is 5. The predicted octanol–water partition coefficient (Wildman–Crippen LogP) is 4.33. The smallest absolute Gasteiger partial charge is 0.266 e. The Morgan fingerprint density at radius 1 is 1.23 bits per heavy atom. The highest BCUT2D eigenvalue weighted by Crippen LogP contribution is 2.35. The normalized spacial score (nSPS) is 10.7. The van der Waals surface area contributed by atoms with Crippen LogP contribution in [0.3, 0.4) is 0 Å². The summed E-state index contributed by atoms with van der Waals surface area (Å²) in [6.45, 7) is 3.74. The number of rotatable bonds is 6. The zero-order valence-electron chi connectivity index (χ0n) is 14.4. The quantitative estimate of drug-likeness (QED) is 0.357. The molecule has 26 heavy (non-hydrogen) atoms. The molecule has 0 aliphatic rings. The minimum Gasteiger partial charge on any atom is -0.495 e. The van der Waals surface area contributed by atoms with Crippen LogP contribution < -0.4 is 15.0 Å². The molecule has 0 saturated carbocycles. The van der Waals surface area contributed by atoms with Gasteiger partial charge >= 0.3 is 0 Å². The van der Waals surface area contributed by atoms with Crippen molar-refractivity contribution < 1.29 is 9.47 Å². The van der Waals surface area contributed by atoms with E-state index >= 15 is 0 Å². The summed E-state index contributed by atoms with van der Waals surface area (Å²) in [6.07, 6.45) is 1.76. The molecule has 0 fully saturated rings. The number of methoxy groups -OCH3 is 2. The van der Waals surface area contributed by atoms with Crippen molar-refractivity contribution >= 4 is 34.3 Å². The fraction of sp³-hybridized carbons (Fsp3) is 0.158. The predicted molar refractivity (Wildman–Crippen MR) is 106 cm³/mol. The maximum absolute atomic E-state index is 13.2. The highest BCUT2D eigenvalue weighted by Gasteiger charge is 2.18. The van der Waals surface area contributed by atoms with Gasteiger partial charge in [-0.05, 0) is 12.1 Å². The number of halogens is 1. The molecule has 0 spiro atoms. The fourth-order valence-corrected chi connectivity index (χ4v) is 3.55. The van der Waals surface area contributed by atoms with E-state index in [4.69, 9.17) is 21.1 Å². The minimum absolute atomic E-state index is 0.190. The molecular weight excluding hydrogens is 372 g/mol. The molecule has 0 saturated heterocycles. The average Bonchev–Trinajstić information content (AvgIpc) is 2.66. The zero-order chi connectivity index (χ0) is 18.7. The average molecular weight is 389 g/mol. The molecule has 0 atom stereocenters. The van der Waals surface area contributed by atoms with Gasteiger partial charge in [0.1, 0.15) is 11.5 Å². The molecule has 0 aliphatic heterocycles. The van der Waals surface area contributed by atoms with Crippen molar-refractivity contribution in [2.45, 2.75) is 5.16 Å². The second-order valence-corrected chi connectivity index (χ2v) is 6.70. The number of thioether (sulfide) groups is 1. The van der Waals surface area contributed by atoms with Gasteiger partial charge in [-0.2, -0.15) is 0 Å². The lowest BCUT2D eigenvalue weighted by Crippen LogP contribution is -2.22. The second-order valence-electron chi connectivity index (χ2n) is 5.31. The topological polar surface area (TPSA) is 53.4 Å². The first-order chi connectivity index (χ1) is 12.6. The van der Waals surface area contributed by atoms with Crippen molar-refractivity contribution in [2.24, 2.45) is 0 Å². The molecule has 134 valence electrons. The van der Waals surface area contributed by atoms with Crippen LogP contribution in [-0.2, 0) is 0 Å². The molecule has 0 unspecified atom stereocenters. The van der Waals surface area contributed by atoms with Gasteiger partial charge in [0.25, 0.3) is 5.56 Å². The van der Waals surface area contributed by atoms with Crippen LogP contribution in [0.5, 0.6) is 11.5 Å². The summed E-state index contributed by atoms with van der Waals surface area (Å²) in [6, 6.07) is 10.5. The van der Waals surface area contributed by atoms with Crippen molar-refractivity contribution in [3.63, 3.8) is 0 Å². The monoisotopic (exact) mass is 388 g/mol. The van der Waals surface area contributed by atoms with Crippen LogP contribution in [0.15, 0.2) is 59.0 Å². The van der Waals surface area contributed by atoms with E-state index in [-0.39, 0.29) is 5.56 Å². The van der Waals surface area contributed by atoms with Gasteiger partial charge in [-0.1, -0.05) is 41.6 Å². The molecule has 0 bridgehead atoms. The zero-order valence-corrected chi connectivity index (χ0v) is 15.9. The van der Waals surface area contributed by atoms with E-state index in [0.29, 0.717) is 44.0 Å². The SMILES string of the molecule is C=CCSc1nc2ccccc2c(=O)n1-c1cc(OC)c(Cl)cc1OC. The lowest BCUT2D eigenvalue weighted by atomic mass is 10.2. The summed E-state index contributed by atoms with van der Waals surface area (Å²) in [4.78, 5) is 17.9. The van der Waals surface area contributed by atoms with Gasteiger partial charge in [-0.25, -0.2) is 4.98 Å². The number of benzene rings is 2.